The summed E-state index contributed by atoms with van der Waals surface area (Å²) in [4.78, 5) is 11.1. The number of aliphatic carboxylic acids is 1. The Balaban J connectivity index is 2.45. The third-order valence-corrected chi connectivity index (χ3v) is 2.80. The van der Waals surface area contributed by atoms with Crippen LogP contribution < -0.4 is 0 Å². The summed E-state index contributed by atoms with van der Waals surface area (Å²) in [6, 6.07) is 0. The van der Waals surface area contributed by atoms with Crippen molar-refractivity contribution in [2.75, 3.05) is 20.2 Å². The number of amidine groups is 1. The lowest BCUT2D eigenvalue weighted by Crippen LogP contribution is -2.25. The number of aliphatic hydroxyl groups excluding tert-OH is 1. The molecule has 0 unspecified atom stereocenters. The van der Waals surface area contributed by atoms with Gasteiger partial charge in [-0.2, -0.15) is 0 Å². The van der Waals surface area contributed by atoms with Crippen molar-refractivity contribution in [3.8, 4) is 0 Å². The molecule has 0 aliphatic carbocycles. The van der Waals surface area contributed by atoms with Crippen LogP contribution in [0.15, 0.2) is 11.6 Å². The Morgan fingerprint density at radius 3 is 2.88 bits per heavy atom. The SMILES string of the molecule is COC(O)=C(C(=O)O)[N+]1=C2CCC[N+]2=CC1. The highest BCUT2D eigenvalue weighted by Crippen LogP contribution is 2.15. The molecule has 0 spiro atoms. The molecule has 2 aliphatic heterocycles. The molecule has 86 valence electrons. The Morgan fingerprint density at radius 1 is 1.50 bits per heavy atom. The van der Waals surface area contributed by atoms with Gasteiger partial charge in [-0.1, -0.05) is 0 Å². The number of carboxylic acid groups (broad SMARTS) is 1. The number of nitrogens with zero attached hydrogens (tertiary/aromatic N) is 2. The summed E-state index contributed by atoms with van der Waals surface area (Å²) in [5, 5.41) is 18.5. The van der Waals surface area contributed by atoms with Crippen LogP contribution in [-0.4, -0.2) is 57.6 Å². The number of carboxylic acids is 1. The van der Waals surface area contributed by atoms with Crippen molar-refractivity contribution >= 4 is 18.0 Å². The molecule has 1 fully saturated rings. The number of rotatable bonds is 3. The molecule has 6 nitrogen and oxygen atoms in total. The quantitative estimate of drug-likeness (QED) is 0.395. The summed E-state index contributed by atoms with van der Waals surface area (Å²) >= 11 is 0. The van der Waals surface area contributed by atoms with Crippen molar-refractivity contribution in [1.82, 2.24) is 0 Å². The summed E-state index contributed by atoms with van der Waals surface area (Å²) in [6.45, 7) is 1.37. The second-order valence-electron chi connectivity index (χ2n) is 3.67. The minimum Gasteiger partial charge on any atom is -0.476 e. The zero-order chi connectivity index (χ0) is 11.7. The number of aliphatic hydroxyl groups is 1. The van der Waals surface area contributed by atoms with Crippen LogP contribution in [0.4, 0.5) is 0 Å². The minimum absolute atomic E-state index is 0.196. The van der Waals surface area contributed by atoms with Crippen LogP contribution in [0, 0.1) is 0 Å². The van der Waals surface area contributed by atoms with Gasteiger partial charge in [-0.15, -0.1) is 9.15 Å². The van der Waals surface area contributed by atoms with E-state index < -0.39 is 11.9 Å². The molecule has 0 radical (unpaired) electrons. The molecule has 6 heteroatoms. The molecule has 0 bridgehead atoms. The van der Waals surface area contributed by atoms with Crippen LogP contribution in [0.5, 0.6) is 0 Å². The Bertz CT molecular complexity index is 434. The topological polar surface area (TPSA) is 72.8 Å². The van der Waals surface area contributed by atoms with Gasteiger partial charge in [0.1, 0.15) is 6.42 Å². The zero-order valence-corrected chi connectivity index (χ0v) is 9.01. The Hall–Kier alpha value is -1.85. The molecule has 0 aromatic rings. The van der Waals surface area contributed by atoms with E-state index in [1.54, 1.807) is 4.58 Å². The van der Waals surface area contributed by atoms with E-state index in [4.69, 9.17) is 5.11 Å². The van der Waals surface area contributed by atoms with E-state index in [-0.39, 0.29) is 5.70 Å². The maximum atomic E-state index is 11.1. The van der Waals surface area contributed by atoms with E-state index in [1.165, 1.54) is 7.11 Å². The second-order valence-corrected chi connectivity index (χ2v) is 3.67. The van der Waals surface area contributed by atoms with E-state index in [0.29, 0.717) is 6.54 Å². The van der Waals surface area contributed by atoms with E-state index in [9.17, 15) is 9.90 Å². The van der Waals surface area contributed by atoms with Crippen LogP contribution >= 0.6 is 0 Å². The van der Waals surface area contributed by atoms with Gasteiger partial charge in [-0.25, -0.2) is 4.79 Å². The standard InChI is InChI=1S/C10H12N2O4/c1-16-10(15)8(9(13)14)12-6-5-11-4-2-3-7(11)12/h5H,2-4,6H2,1H3/p+2. The molecule has 0 saturated carbocycles. The third-order valence-electron chi connectivity index (χ3n) is 2.80. The largest absolute Gasteiger partial charge is 0.476 e. The van der Waals surface area contributed by atoms with E-state index >= 15 is 0 Å². The first-order valence-corrected chi connectivity index (χ1v) is 5.09. The second kappa shape index (κ2) is 3.96. The highest BCUT2D eigenvalue weighted by atomic mass is 16.6. The molecule has 2 rings (SSSR count). The summed E-state index contributed by atoms with van der Waals surface area (Å²) in [7, 11) is 1.25. The fraction of sp³-hybridized carbons (Fsp3) is 0.500. The Labute approximate surface area is 92.4 Å². The molecule has 2 N–H and O–H groups in total. The average molecular weight is 226 g/mol. The summed E-state index contributed by atoms with van der Waals surface area (Å²) in [5.41, 5.74) is -0.196. The van der Waals surface area contributed by atoms with Gasteiger partial charge in [0.15, 0.2) is 6.54 Å². The molecule has 0 amide bonds. The normalized spacial score (nSPS) is 20.4. The molecule has 2 heterocycles. The average Bonchev–Trinajstić information content (AvgIpc) is 2.81. The molecule has 2 aliphatic rings. The monoisotopic (exact) mass is 226 g/mol. The summed E-state index contributed by atoms with van der Waals surface area (Å²) in [5.74, 6) is -0.822. The van der Waals surface area contributed by atoms with Gasteiger partial charge in [-0.05, 0) is 0 Å². The minimum atomic E-state index is -1.19. The van der Waals surface area contributed by atoms with Gasteiger partial charge in [0, 0.05) is 6.42 Å². The molecule has 0 atom stereocenters. The van der Waals surface area contributed by atoms with E-state index in [1.807, 2.05) is 10.8 Å². The Morgan fingerprint density at radius 2 is 2.25 bits per heavy atom. The Kier molecular flexibility index (Phi) is 2.64. The first-order chi connectivity index (χ1) is 7.65. The molecule has 1 saturated heterocycles. The highest BCUT2D eigenvalue weighted by molar-refractivity contribution is 5.87. The van der Waals surface area contributed by atoms with Crippen molar-refractivity contribution in [2.45, 2.75) is 12.8 Å². The predicted molar refractivity (Wildman–Crippen MR) is 54.9 cm³/mol. The van der Waals surface area contributed by atoms with Gasteiger partial charge < -0.3 is 14.9 Å². The summed E-state index contributed by atoms with van der Waals surface area (Å²) < 4.78 is 8.20. The fourth-order valence-electron chi connectivity index (χ4n) is 2.09. The van der Waals surface area contributed by atoms with Crippen LogP contribution in [-0.2, 0) is 9.53 Å². The number of fused-ring (bicyclic) bond motifs is 1. The molecule has 0 aromatic heterocycles. The van der Waals surface area contributed by atoms with Crippen molar-refractivity contribution in [3.63, 3.8) is 0 Å². The number of hydrogen-bond acceptors (Lipinski definition) is 3. The van der Waals surface area contributed by atoms with Crippen molar-refractivity contribution in [1.29, 1.82) is 0 Å². The zero-order valence-electron chi connectivity index (χ0n) is 9.01. The lowest BCUT2D eigenvalue weighted by molar-refractivity contribution is -0.501. The van der Waals surface area contributed by atoms with Crippen molar-refractivity contribution in [2.24, 2.45) is 0 Å². The lowest BCUT2D eigenvalue weighted by atomic mass is 10.3. The molecule has 0 aromatic carbocycles. The van der Waals surface area contributed by atoms with Crippen molar-refractivity contribution in [3.05, 3.63) is 11.6 Å². The predicted octanol–water partition coefficient (Wildman–Crippen LogP) is -0.254. The van der Waals surface area contributed by atoms with Gasteiger partial charge in [0.25, 0.3) is 0 Å². The van der Waals surface area contributed by atoms with Gasteiger partial charge in [0.2, 0.25) is 12.8 Å². The number of carbonyl (C=O) groups is 1. The van der Waals surface area contributed by atoms with Crippen LogP contribution in [0.2, 0.25) is 0 Å². The van der Waals surface area contributed by atoms with E-state index in [2.05, 4.69) is 4.74 Å². The van der Waals surface area contributed by atoms with Crippen LogP contribution in [0.25, 0.3) is 0 Å². The highest BCUT2D eigenvalue weighted by Gasteiger charge is 2.44. The van der Waals surface area contributed by atoms with Crippen LogP contribution in [0.1, 0.15) is 12.8 Å². The van der Waals surface area contributed by atoms with Gasteiger partial charge >= 0.3 is 23.4 Å². The maximum absolute atomic E-state index is 11.1. The third kappa shape index (κ3) is 1.56. The smallest absolute Gasteiger partial charge is 0.419 e. The molecular weight excluding hydrogens is 212 g/mol. The lowest BCUT2D eigenvalue weighted by Gasteiger charge is -1.99. The first-order valence-electron chi connectivity index (χ1n) is 5.09. The maximum Gasteiger partial charge on any atom is 0.419 e. The van der Waals surface area contributed by atoms with Crippen LogP contribution in [0.3, 0.4) is 0 Å². The number of hydrogen-bond donors (Lipinski definition) is 2. The number of methoxy groups -OCH3 is 1. The number of ether oxygens (including phenoxy) is 1. The molecule has 16 heavy (non-hydrogen) atoms. The summed E-state index contributed by atoms with van der Waals surface area (Å²) in [6.07, 6.45) is 3.75. The first kappa shape index (κ1) is 10.7. The van der Waals surface area contributed by atoms with E-state index in [0.717, 1.165) is 25.2 Å². The molecular formula is C10H14N2O4+2. The van der Waals surface area contributed by atoms with Gasteiger partial charge in [0.05, 0.1) is 7.11 Å². The fourth-order valence-corrected chi connectivity index (χ4v) is 2.09. The van der Waals surface area contributed by atoms with Gasteiger partial charge in [-0.3, -0.25) is 0 Å². The van der Waals surface area contributed by atoms with Crippen molar-refractivity contribution < 1.29 is 28.9 Å².